The summed E-state index contributed by atoms with van der Waals surface area (Å²) in [7, 11) is 0. The van der Waals surface area contributed by atoms with Gasteiger partial charge in [0.2, 0.25) is 0 Å². The minimum atomic E-state index is -1.10. The molecule has 0 radical (unpaired) electrons. The van der Waals surface area contributed by atoms with Crippen molar-refractivity contribution in [3.05, 3.63) is 46.6 Å². The average Bonchev–Trinajstić information content (AvgIpc) is 2.73. The Morgan fingerprint density at radius 1 is 1.29 bits per heavy atom. The van der Waals surface area contributed by atoms with Gasteiger partial charge in [0.1, 0.15) is 22.7 Å². The molecule has 2 aromatic rings. The quantitative estimate of drug-likeness (QED) is 0.641. The highest BCUT2D eigenvalue weighted by Crippen LogP contribution is 2.63. The van der Waals surface area contributed by atoms with Crippen molar-refractivity contribution in [2.75, 3.05) is 0 Å². The van der Waals surface area contributed by atoms with Gasteiger partial charge in [-0.15, -0.1) is 0 Å². The van der Waals surface area contributed by atoms with E-state index in [9.17, 15) is 15.0 Å². The molecular weight excluding hydrogens is 396 g/mol. The fourth-order valence-corrected chi connectivity index (χ4v) is 6.72. The molecule has 7 nitrogen and oxygen atoms in total. The molecule has 3 aliphatic rings. The van der Waals surface area contributed by atoms with Crippen LogP contribution < -0.4 is 16.1 Å². The zero-order valence-electron chi connectivity index (χ0n) is 18.1. The van der Waals surface area contributed by atoms with E-state index in [0.717, 1.165) is 12.8 Å². The Kier molecular flexibility index (Phi) is 4.59. The Morgan fingerprint density at radius 2 is 2.06 bits per heavy atom. The maximum atomic E-state index is 13.0. The molecule has 2 fully saturated rings. The highest BCUT2D eigenvalue weighted by molar-refractivity contribution is 5.59. The van der Waals surface area contributed by atoms with Crippen LogP contribution in [0.15, 0.2) is 39.8 Å². The van der Waals surface area contributed by atoms with Gasteiger partial charge in [-0.1, -0.05) is 13.8 Å². The smallest absolute Gasteiger partial charge is 0.345 e. The lowest BCUT2D eigenvalue weighted by Gasteiger charge is -2.63. The number of ether oxygens (including phenoxy) is 1. The number of aliphatic hydroxyl groups is 2. The molecule has 3 heterocycles. The fourth-order valence-electron chi connectivity index (χ4n) is 6.72. The highest BCUT2D eigenvalue weighted by Gasteiger charge is 2.66. The van der Waals surface area contributed by atoms with Gasteiger partial charge in [0.25, 0.3) is 0 Å². The van der Waals surface area contributed by atoms with Crippen molar-refractivity contribution >= 4 is 0 Å². The third-order valence-electron chi connectivity index (χ3n) is 8.48. The van der Waals surface area contributed by atoms with E-state index < -0.39 is 29.4 Å². The Bertz CT molecular complexity index is 1060. The Labute approximate surface area is 181 Å². The summed E-state index contributed by atoms with van der Waals surface area (Å²) in [4.78, 5) is 17.1. The van der Waals surface area contributed by atoms with Crippen LogP contribution in [0.25, 0.3) is 11.3 Å². The van der Waals surface area contributed by atoms with Crippen LogP contribution in [0, 0.1) is 23.2 Å². The third kappa shape index (κ3) is 2.83. The van der Waals surface area contributed by atoms with E-state index in [2.05, 4.69) is 18.8 Å². The van der Waals surface area contributed by atoms with Crippen molar-refractivity contribution in [3.63, 3.8) is 0 Å². The zero-order chi connectivity index (χ0) is 22.1. The molecule has 1 aliphatic heterocycles. The molecule has 2 aliphatic carbocycles. The summed E-state index contributed by atoms with van der Waals surface area (Å²) in [6.45, 7) is 6.13. The largest absolute Gasteiger partial charge is 0.484 e. The Balaban J connectivity index is 1.64. The maximum Gasteiger partial charge on any atom is 0.345 e. The highest BCUT2D eigenvalue weighted by atomic mass is 16.5. The first-order valence-electron chi connectivity index (χ1n) is 11.1. The van der Waals surface area contributed by atoms with E-state index in [1.807, 2.05) is 6.92 Å². The number of hydrogen-bond donors (Lipinski definition) is 3. The van der Waals surface area contributed by atoms with E-state index in [-0.39, 0.29) is 34.6 Å². The molecule has 2 saturated carbocycles. The minimum Gasteiger partial charge on any atom is -0.484 e. The van der Waals surface area contributed by atoms with Crippen LogP contribution in [0.4, 0.5) is 0 Å². The van der Waals surface area contributed by atoms with Crippen molar-refractivity contribution < 1.29 is 19.4 Å². The van der Waals surface area contributed by atoms with Crippen LogP contribution in [0.1, 0.15) is 51.7 Å². The molecule has 0 saturated heterocycles. The topological polar surface area (TPSA) is 119 Å². The molecule has 0 amide bonds. The molecule has 5 rings (SSSR count). The lowest BCUT2D eigenvalue weighted by Crippen LogP contribution is -2.68. The number of nitrogens with zero attached hydrogens (tertiary/aromatic N) is 1. The molecular formula is C24H30N2O5. The number of rotatable bonds is 1. The third-order valence-corrected chi connectivity index (χ3v) is 8.48. The van der Waals surface area contributed by atoms with Gasteiger partial charge in [-0.05, 0) is 55.6 Å². The molecule has 7 heteroatoms. The standard InChI is InChI=1S/C24H30N2O5/c1-12-14-9-18(27)24(3)21(23(14,2)7-6-15(12)25)20(28)19-17(31-24)10-16(30-22(19)29)13-5-4-8-26-11-13/h4-5,8,10-12,14-15,18,20-21,27-28H,6-7,9,25H2,1-3H3. The molecule has 31 heavy (non-hydrogen) atoms. The summed E-state index contributed by atoms with van der Waals surface area (Å²) in [5.74, 6) is 0.464. The molecule has 4 N–H and O–H groups in total. The number of hydrogen-bond acceptors (Lipinski definition) is 7. The Hall–Kier alpha value is -2.22. The van der Waals surface area contributed by atoms with E-state index in [0.29, 0.717) is 17.7 Å². The van der Waals surface area contributed by atoms with E-state index in [1.54, 1.807) is 30.6 Å². The van der Waals surface area contributed by atoms with Crippen molar-refractivity contribution in [1.29, 1.82) is 0 Å². The second kappa shape index (κ2) is 6.89. The van der Waals surface area contributed by atoms with Crippen LogP contribution in [0.2, 0.25) is 0 Å². The molecule has 2 aromatic heterocycles. The van der Waals surface area contributed by atoms with E-state index in [4.69, 9.17) is 14.9 Å². The van der Waals surface area contributed by atoms with Crippen LogP contribution in [0.3, 0.4) is 0 Å². The summed E-state index contributed by atoms with van der Waals surface area (Å²) in [5.41, 5.74) is 5.15. The lowest BCUT2D eigenvalue weighted by atomic mass is 9.46. The first-order chi connectivity index (χ1) is 14.7. The molecule has 166 valence electrons. The van der Waals surface area contributed by atoms with Gasteiger partial charge in [0.15, 0.2) is 0 Å². The minimum absolute atomic E-state index is 0.0654. The SMILES string of the molecule is CC1C(N)CCC2(C)C1CC(O)C1(C)Oc3cc(-c4cccnc4)oc(=O)c3C(O)C21. The first kappa shape index (κ1) is 20.7. The molecule has 8 atom stereocenters. The maximum absolute atomic E-state index is 13.0. The number of aromatic nitrogens is 1. The summed E-state index contributed by atoms with van der Waals surface area (Å²) in [6.07, 6.45) is 3.55. The second-order valence-electron chi connectivity index (χ2n) is 10.1. The summed E-state index contributed by atoms with van der Waals surface area (Å²) < 4.78 is 12.0. The normalized spacial score (nSPS) is 41.5. The molecule has 8 unspecified atom stereocenters. The van der Waals surface area contributed by atoms with Crippen molar-refractivity contribution in [3.8, 4) is 17.1 Å². The van der Waals surface area contributed by atoms with Crippen LogP contribution in [0.5, 0.6) is 5.75 Å². The summed E-state index contributed by atoms with van der Waals surface area (Å²) in [5, 5.41) is 22.8. The van der Waals surface area contributed by atoms with Crippen LogP contribution >= 0.6 is 0 Å². The first-order valence-corrected chi connectivity index (χ1v) is 11.1. The number of nitrogens with two attached hydrogens (primary N) is 1. The summed E-state index contributed by atoms with van der Waals surface area (Å²) >= 11 is 0. The number of pyridine rings is 1. The van der Waals surface area contributed by atoms with Crippen LogP contribution in [-0.2, 0) is 0 Å². The van der Waals surface area contributed by atoms with Gasteiger partial charge in [-0.25, -0.2) is 4.79 Å². The van der Waals surface area contributed by atoms with Gasteiger partial charge < -0.3 is 25.1 Å². The monoisotopic (exact) mass is 426 g/mol. The van der Waals surface area contributed by atoms with Crippen LogP contribution in [-0.4, -0.2) is 32.9 Å². The number of aliphatic hydroxyl groups excluding tert-OH is 2. The molecule has 0 aromatic carbocycles. The average molecular weight is 427 g/mol. The van der Waals surface area contributed by atoms with Crippen molar-refractivity contribution in [2.45, 2.75) is 63.9 Å². The summed E-state index contributed by atoms with van der Waals surface area (Å²) in [6, 6.07) is 5.23. The van der Waals surface area contributed by atoms with E-state index in [1.165, 1.54) is 0 Å². The van der Waals surface area contributed by atoms with E-state index >= 15 is 0 Å². The number of fused-ring (bicyclic) bond motifs is 4. The van der Waals surface area contributed by atoms with Gasteiger partial charge >= 0.3 is 5.63 Å². The van der Waals surface area contributed by atoms with Crippen molar-refractivity contribution in [1.82, 2.24) is 4.98 Å². The van der Waals surface area contributed by atoms with Gasteiger partial charge in [-0.2, -0.15) is 0 Å². The van der Waals surface area contributed by atoms with Crippen molar-refractivity contribution in [2.24, 2.45) is 28.9 Å². The fraction of sp³-hybridized carbons (Fsp3) is 0.583. The lowest BCUT2D eigenvalue weighted by molar-refractivity contribution is -0.234. The predicted molar refractivity (Wildman–Crippen MR) is 114 cm³/mol. The molecule has 0 bridgehead atoms. The van der Waals surface area contributed by atoms with Gasteiger partial charge in [0.05, 0.1) is 12.2 Å². The van der Waals surface area contributed by atoms with Gasteiger partial charge in [0, 0.05) is 36.0 Å². The zero-order valence-corrected chi connectivity index (χ0v) is 18.1. The predicted octanol–water partition coefficient (Wildman–Crippen LogP) is 2.65. The van der Waals surface area contributed by atoms with Gasteiger partial charge in [-0.3, -0.25) is 4.98 Å². The Morgan fingerprint density at radius 3 is 2.77 bits per heavy atom. The second-order valence-corrected chi connectivity index (χ2v) is 10.1. The molecule has 0 spiro atoms.